The number of aliphatic imine (C=N–C) groups is 1. The molecule has 3 atom stereocenters. The maximum absolute atomic E-state index is 15.2. The molecular weight excluding hydrogens is 567 g/mol. The Morgan fingerprint density at radius 3 is 2.47 bits per heavy atom. The van der Waals surface area contributed by atoms with Crippen molar-refractivity contribution in [2.24, 2.45) is 10.4 Å². The van der Waals surface area contributed by atoms with Crippen molar-refractivity contribution in [1.29, 1.82) is 0 Å². The molecule has 1 fully saturated rings. The Hall–Kier alpha value is -1.43. The van der Waals surface area contributed by atoms with E-state index >= 15 is 4.39 Å². The average molecular weight is 604 g/mol. The molecule has 0 bridgehead atoms. The van der Waals surface area contributed by atoms with Gasteiger partial charge >= 0.3 is 12.1 Å². The fraction of sp³-hybridized carbons (Fsp3) is 0.640. The van der Waals surface area contributed by atoms with Gasteiger partial charge in [0.25, 0.3) is 0 Å². The van der Waals surface area contributed by atoms with Crippen LogP contribution >= 0.6 is 27.7 Å². The first kappa shape index (κ1) is 29.1. The van der Waals surface area contributed by atoms with Crippen LogP contribution in [0, 0.1) is 11.2 Å². The van der Waals surface area contributed by atoms with E-state index in [0.29, 0.717) is 11.1 Å². The smallest absolute Gasteiger partial charge is 0.418 e. The van der Waals surface area contributed by atoms with Gasteiger partial charge in [0.1, 0.15) is 22.9 Å². The van der Waals surface area contributed by atoms with Gasteiger partial charge in [-0.25, -0.2) is 19.1 Å². The molecule has 0 saturated heterocycles. The number of rotatable bonds is 7. The normalized spacial score (nSPS) is 27.7. The first-order chi connectivity index (χ1) is 16.4. The molecule has 3 rings (SSSR count). The van der Waals surface area contributed by atoms with E-state index in [1.54, 1.807) is 39.8 Å². The molecule has 2 aliphatic rings. The van der Waals surface area contributed by atoms with E-state index in [9.17, 15) is 14.7 Å². The lowest BCUT2D eigenvalue weighted by atomic mass is 9.76. The second-order valence-electron chi connectivity index (χ2n) is 12.1. The zero-order valence-electron chi connectivity index (χ0n) is 22.2. The molecule has 1 heterocycles. The quantitative estimate of drug-likeness (QED) is 0.212. The van der Waals surface area contributed by atoms with Crippen LogP contribution in [0.3, 0.4) is 0 Å². The monoisotopic (exact) mass is 602 g/mol. The van der Waals surface area contributed by atoms with Crippen LogP contribution in [0.15, 0.2) is 27.7 Å². The van der Waals surface area contributed by atoms with Gasteiger partial charge in [0.05, 0.1) is 5.54 Å². The summed E-state index contributed by atoms with van der Waals surface area (Å²) < 4.78 is 26.1. The zero-order chi connectivity index (χ0) is 27.3. The van der Waals surface area contributed by atoms with Crippen molar-refractivity contribution in [1.82, 2.24) is 4.90 Å². The van der Waals surface area contributed by atoms with Gasteiger partial charge in [-0.1, -0.05) is 54.3 Å². The molecule has 7 nitrogen and oxygen atoms in total. The number of hydrogen-bond donors (Lipinski definition) is 1. The summed E-state index contributed by atoms with van der Waals surface area (Å²) >= 11 is 4.42. The van der Waals surface area contributed by atoms with E-state index in [4.69, 9.17) is 14.5 Å². The van der Waals surface area contributed by atoms with Crippen LogP contribution < -0.4 is 0 Å². The number of thioether (sulfide) groups is 1. The number of aliphatic carboxylic acids is 1. The lowest BCUT2D eigenvalue weighted by molar-refractivity contribution is -0.138. The minimum atomic E-state index is -1.37. The Morgan fingerprint density at radius 2 is 1.92 bits per heavy atom. The zero-order valence-corrected chi connectivity index (χ0v) is 25.6. The third-order valence-electron chi connectivity index (χ3n) is 6.89. The van der Waals surface area contributed by atoms with E-state index < -0.39 is 47.3 Å². The third-order valence-corrected chi connectivity index (χ3v) is 10.7. The Balaban J connectivity index is 2.08. The van der Waals surface area contributed by atoms with E-state index in [2.05, 4.69) is 35.6 Å². The number of carbonyl (C=O) groups excluding carboxylic acids is 1. The maximum atomic E-state index is 15.2. The van der Waals surface area contributed by atoms with Crippen molar-refractivity contribution in [3.63, 3.8) is 0 Å². The molecule has 1 aliphatic carbocycles. The molecule has 1 aliphatic heterocycles. The van der Waals surface area contributed by atoms with Crippen molar-refractivity contribution < 1.29 is 28.6 Å². The molecule has 1 aromatic carbocycles. The summed E-state index contributed by atoms with van der Waals surface area (Å²) in [6.07, 6.45) is -0.419. The first-order valence-electron chi connectivity index (χ1n) is 11.9. The summed E-state index contributed by atoms with van der Waals surface area (Å²) in [6, 6.07) is 5.45. The van der Waals surface area contributed by atoms with Crippen molar-refractivity contribution in [2.45, 2.75) is 82.6 Å². The molecule has 1 unspecified atom stereocenters. The summed E-state index contributed by atoms with van der Waals surface area (Å²) in [7, 11) is -1.37. The van der Waals surface area contributed by atoms with Gasteiger partial charge in [0.15, 0.2) is 5.17 Å². The van der Waals surface area contributed by atoms with Crippen LogP contribution in [0.2, 0.25) is 25.7 Å². The highest BCUT2D eigenvalue weighted by Gasteiger charge is 2.80. The standard InChI is InChI=1S/C25H36BrFN2O5SSi/c1-22(2,3)34-21(32)29(15-33-11-12-36(6,7)8)20-28-24(5,17-13-16(26)9-10-18(17)27)23(4)14-25(23,35-20)19(30)31/h9-10,13H,11-12,14-15H2,1-8H3,(H,30,31)/t23?,24-,25-/m1/s1. The molecule has 0 spiro atoms. The molecule has 200 valence electrons. The lowest BCUT2D eigenvalue weighted by Gasteiger charge is -2.41. The highest BCUT2D eigenvalue weighted by molar-refractivity contribution is 9.10. The predicted octanol–water partition coefficient (Wildman–Crippen LogP) is 6.69. The number of amides is 1. The van der Waals surface area contributed by atoms with Crippen molar-refractivity contribution >= 4 is 53.0 Å². The SMILES string of the molecule is CC(C)(C)OC(=O)N(COCC[Si](C)(C)C)C1=N[C@](C)(c2cc(Br)ccc2F)C2(C)C[C@]2(C(=O)O)S1. The fourth-order valence-electron chi connectivity index (χ4n) is 4.40. The van der Waals surface area contributed by atoms with Gasteiger partial charge in [-0.05, 0) is 58.4 Å². The van der Waals surface area contributed by atoms with E-state index in [1.807, 2.05) is 6.92 Å². The summed E-state index contributed by atoms with van der Waals surface area (Å²) in [6.45, 7) is 15.8. The topological polar surface area (TPSA) is 88.4 Å². The lowest BCUT2D eigenvalue weighted by Crippen LogP contribution is -2.49. The highest BCUT2D eigenvalue weighted by Crippen LogP contribution is 2.75. The van der Waals surface area contributed by atoms with E-state index in [-0.39, 0.29) is 23.9 Å². The molecule has 0 radical (unpaired) electrons. The summed E-state index contributed by atoms with van der Waals surface area (Å²) in [5.74, 6) is -1.51. The minimum absolute atomic E-state index is 0.144. The van der Waals surface area contributed by atoms with Crippen LogP contribution in [0.25, 0.3) is 0 Å². The fourth-order valence-corrected chi connectivity index (χ4v) is 7.16. The van der Waals surface area contributed by atoms with Crippen LogP contribution in [0.4, 0.5) is 9.18 Å². The maximum Gasteiger partial charge on any atom is 0.418 e. The summed E-state index contributed by atoms with van der Waals surface area (Å²) in [4.78, 5) is 32.0. The van der Waals surface area contributed by atoms with Gasteiger partial charge in [-0.3, -0.25) is 4.79 Å². The number of benzene rings is 1. The van der Waals surface area contributed by atoms with Crippen molar-refractivity contribution in [2.75, 3.05) is 13.3 Å². The average Bonchev–Trinajstić information content (AvgIpc) is 3.36. The summed E-state index contributed by atoms with van der Waals surface area (Å²) in [5, 5.41) is 10.4. The largest absolute Gasteiger partial charge is 0.480 e. The van der Waals surface area contributed by atoms with Crippen molar-refractivity contribution in [3.8, 4) is 0 Å². The second-order valence-corrected chi connectivity index (χ2v) is 19.9. The van der Waals surface area contributed by atoms with Gasteiger partial charge in [-0.15, -0.1) is 0 Å². The second kappa shape index (κ2) is 9.70. The number of halogens is 2. The summed E-state index contributed by atoms with van der Waals surface area (Å²) in [5.41, 5.74) is -2.64. The number of carboxylic acid groups (broad SMARTS) is 1. The Kier molecular flexibility index (Phi) is 7.85. The third kappa shape index (κ3) is 5.54. The minimum Gasteiger partial charge on any atom is -0.480 e. The number of fused-ring (bicyclic) bond motifs is 1. The first-order valence-corrected chi connectivity index (χ1v) is 17.2. The number of ether oxygens (including phenoxy) is 2. The molecule has 36 heavy (non-hydrogen) atoms. The van der Waals surface area contributed by atoms with Crippen LogP contribution in [0.5, 0.6) is 0 Å². The van der Waals surface area contributed by atoms with Crippen LogP contribution in [0.1, 0.15) is 46.6 Å². The Labute approximate surface area is 226 Å². The Morgan fingerprint density at radius 1 is 1.28 bits per heavy atom. The highest BCUT2D eigenvalue weighted by atomic mass is 79.9. The Bertz CT molecular complexity index is 1090. The molecule has 0 aromatic heterocycles. The van der Waals surface area contributed by atoms with E-state index in [1.165, 1.54) is 11.0 Å². The predicted molar refractivity (Wildman–Crippen MR) is 147 cm³/mol. The molecular formula is C25H36BrFN2O5SSi. The number of carbonyl (C=O) groups is 2. The molecule has 1 aromatic rings. The van der Waals surface area contributed by atoms with Gasteiger partial charge in [-0.2, -0.15) is 0 Å². The van der Waals surface area contributed by atoms with Crippen LogP contribution in [-0.4, -0.2) is 59.0 Å². The molecule has 11 heteroatoms. The number of carboxylic acids is 1. The molecule has 1 amide bonds. The van der Waals surface area contributed by atoms with Gasteiger partial charge in [0, 0.05) is 30.1 Å². The number of nitrogens with zero attached hydrogens (tertiary/aromatic N) is 2. The molecule has 1 N–H and O–H groups in total. The number of hydrogen-bond acceptors (Lipinski definition) is 6. The van der Waals surface area contributed by atoms with Gasteiger partial charge in [0.2, 0.25) is 0 Å². The van der Waals surface area contributed by atoms with Gasteiger partial charge < -0.3 is 14.6 Å². The van der Waals surface area contributed by atoms with Crippen molar-refractivity contribution in [3.05, 3.63) is 34.1 Å². The van der Waals surface area contributed by atoms with Crippen LogP contribution in [-0.2, 0) is 19.8 Å². The van der Waals surface area contributed by atoms with E-state index in [0.717, 1.165) is 17.8 Å². The number of amidine groups is 1. The molecule has 1 saturated carbocycles.